The molecule has 1 amide bonds. The highest BCUT2D eigenvalue weighted by Gasteiger charge is 2.14. The van der Waals surface area contributed by atoms with Crippen molar-refractivity contribution in [2.45, 2.75) is 20.8 Å². The molecule has 6 heteroatoms. The van der Waals surface area contributed by atoms with Gasteiger partial charge in [0.2, 0.25) is 0 Å². The molecular weight excluding hydrogens is 374 g/mol. The number of pyridine rings is 2. The quantitative estimate of drug-likeness (QED) is 0.307. The number of nitrogens with one attached hydrogen (secondary N) is 1. The monoisotopic (exact) mass is 395 g/mol. The van der Waals surface area contributed by atoms with Crippen molar-refractivity contribution in [2.75, 3.05) is 0 Å². The maximum Gasteiger partial charge on any atom is 0.282 e. The van der Waals surface area contributed by atoms with Gasteiger partial charge in [-0.1, -0.05) is 36.4 Å². The Hall–Kier alpha value is -4.11. The molecule has 0 aliphatic heterocycles. The van der Waals surface area contributed by atoms with E-state index in [1.54, 1.807) is 18.2 Å². The number of carbonyl (C=O) groups excluding carboxylic acids is 1. The first kappa shape index (κ1) is 20.6. The predicted molar refractivity (Wildman–Crippen MR) is 116 cm³/mol. The third-order valence-corrected chi connectivity index (χ3v) is 4.38. The molecule has 0 aliphatic carbocycles. The first-order valence-electron chi connectivity index (χ1n) is 9.41. The van der Waals surface area contributed by atoms with Crippen LogP contribution >= 0.6 is 0 Å². The van der Waals surface area contributed by atoms with Crippen LogP contribution in [0.15, 0.2) is 71.3 Å². The minimum absolute atomic E-state index is 0.0400. The average molecular weight is 395 g/mol. The van der Waals surface area contributed by atoms with E-state index in [2.05, 4.69) is 20.5 Å². The molecule has 1 aromatic carbocycles. The van der Waals surface area contributed by atoms with E-state index in [4.69, 9.17) is 0 Å². The second kappa shape index (κ2) is 9.39. The van der Waals surface area contributed by atoms with Gasteiger partial charge in [-0.05, 0) is 62.2 Å². The Morgan fingerprint density at radius 1 is 0.933 bits per heavy atom. The maximum atomic E-state index is 12.6. The summed E-state index contributed by atoms with van der Waals surface area (Å²) in [5, 5.41) is 13.7. The van der Waals surface area contributed by atoms with Gasteiger partial charge in [0.25, 0.3) is 5.91 Å². The van der Waals surface area contributed by atoms with Gasteiger partial charge in [0.05, 0.1) is 11.4 Å². The third kappa shape index (κ3) is 5.03. The number of hydrazone groups is 1. The van der Waals surface area contributed by atoms with Gasteiger partial charge in [0.1, 0.15) is 17.4 Å². The van der Waals surface area contributed by atoms with E-state index in [0.29, 0.717) is 17.1 Å². The summed E-state index contributed by atoms with van der Waals surface area (Å²) in [4.78, 5) is 21.6. The Labute approximate surface area is 175 Å². The summed E-state index contributed by atoms with van der Waals surface area (Å²) < 4.78 is 0. The fraction of sp³-hybridized carbons (Fsp3) is 0.125. The van der Waals surface area contributed by atoms with E-state index >= 15 is 0 Å². The molecule has 3 rings (SSSR count). The van der Waals surface area contributed by atoms with Crippen LogP contribution in [0.25, 0.3) is 6.08 Å². The smallest absolute Gasteiger partial charge is 0.267 e. The lowest BCUT2D eigenvalue weighted by atomic mass is 10.1. The summed E-state index contributed by atoms with van der Waals surface area (Å²) in [5.41, 5.74) is 7.42. The zero-order chi connectivity index (χ0) is 21.5. The van der Waals surface area contributed by atoms with Crippen molar-refractivity contribution in [3.63, 3.8) is 0 Å². The molecular formula is C24H21N5O. The van der Waals surface area contributed by atoms with Gasteiger partial charge in [0, 0.05) is 11.4 Å². The van der Waals surface area contributed by atoms with Crippen LogP contribution in [0.4, 0.5) is 0 Å². The molecule has 0 radical (unpaired) electrons. The summed E-state index contributed by atoms with van der Waals surface area (Å²) in [6, 6.07) is 20.6. The fourth-order valence-corrected chi connectivity index (χ4v) is 2.82. The third-order valence-electron chi connectivity index (χ3n) is 4.38. The number of amides is 1. The minimum Gasteiger partial charge on any atom is -0.267 e. The number of nitriles is 1. The Balaban J connectivity index is 1.96. The van der Waals surface area contributed by atoms with Crippen molar-refractivity contribution in [3.8, 4) is 6.07 Å². The van der Waals surface area contributed by atoms with Gasteiger partial charge in [-0.3, -0.25) is 14.8 Å². The normalized spacial score (nSPS) is 10.8. The molecule has 6 nitrogen and oxygen atoms in total. The molecule has 30 heavy (non-hydrogen) atoms. The van der Waals surface area contributed by atoms with E-state index < -0.39 is 5.91 Å². The number of hydrogen-bond donors (Lipinski definition) is 1. The van der Waals surface area contributed by atoms with Crippen LogP contribution in [-0.2, 0) is 4.79 Å². The molecule has 2 aromatic heterocycles. The van der Waals surface area contributed by atoms with Crippen LogP contribution < -0.4 is 5.43 Å². The minimum atomic E-state index is -0.599. The van der Waals surface area contributed by atoms with Crippen molar-refractivity contribution in [3.05, 3.63) is 100 Å². The molecule has 0 fully saturated rings. The zero-order valence-corrected chi connectivity index (χ0v) is 17.0. The van der Waals surface area contributed by atoms with Crippen LogP contribution in [0.3, 0.4) is 0 Å². The van der Waals surface area contributed by atoms with Crippen LogP contribution in [0.2, 0.25) is 0 Å². The summed E-state index contributed by atoms with van der Waals surface area (Å²) in [7, 11) is 0. The average Bonchev–Trinajstić information content (AvgIpc) is 2.73. The predicted octanol–water partition coefficient (Wildman–Crippen LogP) is 3.88. The molecule has 148 valence electrons. The van der Waals surface area contributed by atoms with Gasteiger partial charge in [-0.2, -0.15) is 10.4 Å². The van der Waals surface area contributed by atoms with Crippen molar-refractivity contribution in [1.29, 1.82) is 5.26 Å². The molecule has 2 heterocycles. The number of aromatic nitrogens is 2. The highest BCUT2D eigenvalue weighted by molar-refractivity contribution is 6.11. The van der Waals surface area contributed by atoms with E-state index in [-0.39, 0.29) is 5.57 Å². The summed E-state index contributed by atoms with van der Waals surface area (Å²) >= 11 is 0. The van der Waals surface area contributed by atoms with Gasteiger partial charge in [-0.15, -0.1) is 0 Å². The lowest BCUT2D eigenvalue weighted by Crippen LogP contribution is -2.22. The number of carbonyl (C=O) groups is 1. The SMILES string of the molecule is Cc1cccc(C(=NNC(=O)/C(C#N)=C/c2ccccc2C)c2cccc(C)n2)n1. The maximum absolute atomic E-state index is 12.6. The Bertz CT molecular complexity index is 1140. The van der Waals surface area contributed by atoms with Crippen LogP contribution in [-0.4, -0.2) is 21.6 Å². The Kier molecular flexibility index (Phi) is 6.46. The lowest BCUT2D eigenvalue weighted by Gasteiger charge is -2.08. The van der Waals surface area contributed by atoms with E-state index in [0.717, 1.165) is 22.5 Å². The van der Waals surface area contributed by atoms with Gasteiger partial charge in [-0.25, -0.2) is 5.43 Å². The van der Waals surface area contributed by atoms with Crippen LogP contribution in [0.1, 0.15) is 33.9 Å². The molecule has 1 N–H and O–H groups in total. The highest BCUT2D eigenvalue weighted by atomic mass is 16.2. The van der Waals surface area contributed by atoms with Crippen LogP contribution in [0.5, 0.6) is 0 Å². The largest absolute Gasteiger partial charge is 0.282 e. The molecule has 0 saturated carbocycles. The first-order chi connectivity index (χ1) is 14.5. The molecule has 0 spiro atoms. The van der Waals surface area contributed by atoms with Gasteiger partial charge in [0.15, 0.2) is 0 Å². The first-order valence-corrected chi connectivity index (χ1v) is 9.41. The van der Waals surface area contributed by atoms with Gasteiger partial charge >= 0.3 is 0 Å². The second-order valence-electron chi connectivity index (χ2n) is 6.76. The van der Waals surface area contributed by atoms with Crippen molar-refractivity contribution in [1.82, 2.24) is 15.4 Å². The molecule has 0 atom stereocenters. The molecule has 0 saturated heterocycles. The summed E-state index contributed by atoms with van der Waals surface area (Å²) in [6.45, 7) is 5.67. The molecule has 0 aliphatic rings. The number of rotatable bonds is 5. The van der Waals surface area contributed by atoms with E-state index in [1.807, 2.05) is 75.4 Å². The number of aryl methyl sites for hydroxylation is 3. The highest BCUT2D eigenvalue weighted by Crippen LogP contribution is 2.13. The summed E-state index contributed by atoms with van der Waals surface area (Å²) in [5.74, 6) is -0.599. The summed E-state index contributed by atoms with van der Waals surface area (Å²) in [6.07, 6.45) is 1.55. The van der Waals surface area contributed by atoms with Gasteiger partial charge < -0.3 is 0 Å². The Morgan fingerprint density at radius 2 is 1.53 bits per heavy atom. The van der Waals surface area contributed by atoms with Crippen molar-refractivity contribution >= 4 is 17.7 Å². The van der Waals surface area contributed by atoms with E-state index in [1.165, 1.54) is 0 Å². The number of nitrogens with zero attached hydrogens (tertiary/aromatic N) is 4. The molecule has 3 aromatic rings. The molecule has 0 unspecified atom stereocenters. The lowest BCUT2D eigenvalue weighted by molar-refractivity contribution is -0.117. The number of benzene rings is 1. The fourth-order valence-electron chi connectivity index (χ4n) is 2.82. The number of hydrogen-bond acceptors (Lipinski definition) is 5. The van der Waals surface area contributed by atoms with Crippen molar-refractivity contribution in [2.24, 2.45) is 5.10 Å². The second-order valence-corrected chi connectivity index (χ2v) is 6.76. The topological polar surface area (TPSA) is 91.0 Å². The van der Waals surface area contributed by atoms with E-state index in [9.17, 15) is 10.1 Å². The molecule has 0 bridgehead atoms. The standard InChI is InChI=1S/C24H21N5O/c1-16-8-4-5-11-19(16)14-20(15-25)24(30)29-28-23(21-12-6-9-17(2)26-21)22-13-7-10-18(3)27-22/h4-14H,1-3H3,(H,29,30)/b20-14+. The van der Waals surface area contributed by atoms with Crippen molar-refractivity contribution < 1.29 is 4.79 Å². The zero-order valence-electron chi connectivity index (χ0n) is 17.0. The van der Waals surface area contributed by atoms with Crippen LogP contribution in [0, 0.1) is 32.1 Å². The Morgan fingerprint density at radius 3 is 2.07 bits per heavy atom.